The predicted molar refractivity (Wildman–Crippen MR) is 46.6 cm³/mol. The van der Waals surface area contributed by atoms with E-state index in [1.807, 2.05) is 18.2 Å². The highest BCUT2D eigenvalue weighted by Crippen LogP contribution is 2.14. The van der Waals surface area contributed by atoms with Gasteiger partial charge in [-0.15, -0.1) is 0 Å². The van der Waals surface area contributed by atoms with Crippen LogP contribution in [0.2, 0.25) is 0 Å². The van der Waals surface area contributed by atoms with Crippen LogP contribution in [-0.2, 0) is 0 Å². The quantitative estimate of drug-likeness (QED) is 0.708. The second kappa shape index (κ2) is 5.99. The summed E-state index contributed by atoms with van der Waals surface area (Å²) in [5.41, 5.74) is 0.748. The van der Waals surface area contributed by atoms with E-state index in [1.165, 1.54) is 6.92 Å². The van der Waals surface area contributed by atoms with Gasteiger partial charge in [-0.2, -0.15) is 0 Å². The molecule has 0 bridgehead atoms. The van der Waals surface area contributed by atoms with Gasteiger partial charge in [0.1, 0.15) is 6.17 Å². The van der Waals surface area contributed by atoms with Crippen molar-refractivity contribution < 1.29 is 19.4 Å². The molecule has 72 valence electrons. The summed E-state index contributed by atoms with van der Waals surface area (Å²) in [6.07, 6.45) is -2.67. The smallest absolute Gasteiger partial charge is 0.450 e. The molecule has 0 saturated heterocycles. The molecule has 0 radical (unpaired) electrons. The van der Waals surface area contributed by atoms with Crippen molar-refractivity contribution in [2.24, 2.45) is 0 Å². The largest absolute Gasteiger partial charge is 0.503 e. The average Bonchev–Trinajstić information content (AvgIpc) is 2.05. The predicted octanol–water partition coefficient (Wildman–Crippen LogP) is 2.94. The maximum Gasteiger partial charge on any atom is 0.503 e. The molecular weight excluding hydrogens is 175 g/mol. The zero-order valence-electron chi connectivity index (χ0n) is 7.14. The Labute approximate surface area is 75.4 Å². The van der Waals surface area contributed by atoms with Crippen molar-refractivity contribution in [3.8, 4) is 0 Å². The molecule has 0 aliphatic carbocycles. The SMILES string of the molecule is CC(F)c1ccccc1.O=C(O)O. The number of halogens is 1. The number of benzene rings is 1. The standard InChI is InChI=1S/C8H9F.CH2O3/c1-7(9)8-5-3-2-4-6-8;2-1(3)4/h2-7H,1H3;(H2,2,3,4). The van der Waals surface area contributed by atoms with Crippen molar-refractivity contribution in [3.63, 3.8) is 0 Å². The van der Waals surface area contributed by atoms with Crippen LogP contribution in [0.5, 0.6) is 0 Å². The van der Waals surface area contributed by atoms with E-state index in [2.05, 4.69) is 0 Å². The summed E-state index contributed by atoms with van der Waals surface area (Å²) in [7, 11) is 0. The van der Waals surface area contributed by atoms with Crippen LogP contribution in [0.1, 0.15) is 18.7 Å². The monoisotopic (exact) mass is 186 g/mol. The van der Waals surface area contributed by atoms with Gasteiger partial charge in [0.2, 0.25) is 0 Å². The molecule has 1 rings (SSSR count). The summed E-state index contributed by atoms with van der Waals surface area (Å²) in [5.74, 6) is 0. The van der Waals surface area contributed by atoms with Crippen molar-refractivity contribution in [1.82, 2.24) is 0 Å². The van der Waals surface area contributed by atoms with E-state index in [0.717, 1.165) is 5.56 Å². The van der Waals surface area contributed by atoms with E-state index in [-0.39, 0.29) is 0 Å². The summed E-state index contributed by atoms with van der Waals surface area (Å²) in [4.78, 5) is 8.56. The Morgan fingerprint density at radius 3 is 1.92 bits per heavy atom. The van der Waals surface area contributed by atoms with E-state index >= 15 is 0 Å². The number of rotatable bonds is 1. The van der Waals surface area contributed by atoms with Crippen LogP contribution in [-0.4, -0.2) is 16.4 Å². The number of hydrogen-bond acceptors (Lipinski definition) is 1. The van der Waals surface area contributed by atoms with Crippen LogP contribution in [0.25, 0.3) is 0 Å². The van der Waals surface area contributed by atoms with E-state index in [4.69, 9.17) is 15.0 Å². The molecule has 0 saturated carbocycles. The van der Waals surface area contributed by atoms with Crippen LogP contribution in [0.15, 0.2) is 30.3 Å². The van der Waals surface area contributed by atoms with Gasteiger partial charge in [0.25, 0.3) is 0 Å². The van der Waals surface area contributed by atoms with E-state index in [9.17, 15) is 4.39 Å². The summed E-state index contributed by atoms with van der Waals surface area (Å²) in [6.45, 7) is 1.54. The molecule has 2 N–H and O–H groups in total. The van der Waals surface area contributed by atoms with Crippen LogP contribution in [0, 0.1) is 0 Å². The molecule has 0 heterocycles. The molecule has 1 atom stereocenters. The third kappa shape index (κ3) is 6.80. The van der Waals surface area contributed by atoms with Crippen molar-refractivity contribution in [1.29, 1.82) is 0 Å². The molecule has 0 aromatic heterocycles. The van der Waals surface area contributed by atoms with Crippen molar-refractivity contribution in [3.05, 3.63) is 35.9 Å². The minimum absolute atomic E-state index is 0.748. The molecular formula is C9H11FO3. The van der Waals surface area contributed by atoms with E-state index in [1.54, 1.807) is 12.1 Å². The first kappa shape index (κ1) is 11.4. The first-order chi connectivity index (χ1) is 6.04. The highest BCUT2D eigenvalue weighted by molar-refractivity contribution is 5.53. The number of hydrogen-bond donors (Lipinski definition) is 2. The summed E-state index contributed by atoms with van der Waals surface area (Å²) in [5, 5.41) is 13.9. The Morgan fingerprint density at radius 2 is 1.69 bits per heavy atom. The van der Waals surface area contributed by atoms with Gasteiger partial charge >= 0.3 is 6.16 Å². The highest BCUT2D eigenvalue weighted by atomic mass is 19.1. The fourth-order valence-electron chi connectivity index (χ4n) is 0.718. The van der Waals surface area contributed by atoms with Gasteiger partial charge in [0.05, 0.1) is 0 Å². The zero-order chi connectivity index (χ0) is 10.3. The topological polar surface area (TPSA) is 57.5 Å². The molecule has 1 aromatic rings. The minimum atomic E-state index is -1.83. The van der Waals surface area contributed by atoms with Crippen LogP contribution in [0.3, 0.4) is 0 Å². The van der Waals surface area contributed by atoms with Gasteiger partial charge in [0, 0.05) is 0 Å². The molecule has 13 heavy (non-hydrogen) atoms. The third-order valence-electron chi connectivity index (χ3n) is 1.26. The Kier molecular flexibility index (Phi) is 5.27. The normalized spacial score (nSPS) is 10.9. The van der Waals surface area contributed by atoms with Gasteiger partial charge in [0.15, 0.2) is 0 Å². The fourth-order valence-corrected chi connectivity index (χ4v) is 0.718. The van der Waals surface area contributed by atoms with Crippen LogP contribution >= 0.6 is 0 Å². The number of carboxylic acid groups (broad SMARTS) is 2. The third-order valence-corrected chi connectivity index (χ3v) is 1.26. The first-order valence-electron chi connectivity index (χ1n) is 3.65. The first-order valence-corrected chi connectivity index (χ1v) is 3.65. The van der Waals surface area contributed by atoms with Gasteiger partial charge in [-0.25, -0.2) is 9.18 Å². The van der Waals surface area contributed by atoms with Crippen LogP contribution < -0.4 is 0 Å². The molecule has 0 aliphatic rings. The molecule has 1 unspecified atom stereocenters. The molecule has 4 heteroatoms. The molecule has 3 nitrogen and oxygen atoms in total. The maximum atomic E-state index is 12.4. The van der Waals surface area contributed by atoms with Gasteiger partial charge in [-0.05, 0) is 12.5 Å². The number of carbonyl (C=O) groups is 1. The molecule has 0 amide bonds. The Hall–Kier alpha value is -1.58. The van der Waals surface area contributed by atoms with Crippen molar-refractivity contribution in [2.75, 3.05) is 0 Å². The zero-order valence-corrected chi connectivity index (χ0v) is 7.14. The second-order valence-corrected chi connectivity index (χ2v) is 2.31. The Morgan fingerprint density at radius 1 is 1.31 bits per heavy atom. The fraction of sp³-hybridized carbons (Fsp3) is 0.222. The lowest BCUT2D eigenvalue weighted by atomic mass is 10.1. The van der Waals surface area contributed by atoms with E-state index in [0.29, 0.717) is 0 Å². The lowest BCUT2D eigenvalue weighted by molar-refractivity contribution is 0.137. The Balaban J connectivity index is 0.000000310. The Bertz CT molecular complexity index is 242. The highest BCUT2D eigenvalue weighted by Gasteiger charge is 1.97. The van der Waals surface area contributed by atoms with Gasteiger partial charge < -0.3 is 10.2 Å². The second-order valence-electron chi connectivity index (χ2n) is 2.31. The lowest BCUT2D eigenvalue weighted by Gasteiger charge is -1.98. The lowest BCUT2D eigenvalue weighted by Crippen LogP contribution is -1.81. The summed E-state index contributed by atoms with van der Waals surface area (Å²) in [6, 6.07) is 9.12. The van der Waals surface area contributed by atoms with Crippen molar-refractivity contribution >= 4 is 6.16 Å². The van der Waals surface area contributed by atoms with Crippen LogP contribution in [0.4, 0.5) is 9.18 Å². The average molecular weight is 186 g/mol. The maximum absolute atomic E-state index is 12.4. The minimum Gasteiger partial charge on any atom is -0.450 e. The molecule has 0 aliphatic heterocycles. The van der Waals surface area contributed by atoms with E-state index < -0.39 is 12.3 Å². The molecule has 1 aromatic carbocycles. The molecule has 0 fully saturated rings. The number of alkyl halides is 1. The van der Waals surface area contributed by atoms with Gasteiger partial charge in [-0.3, -0.25) is 0 Å². The van der Waals surface area contributed by atoms with Gasteiger partial charge in [-0.1, -0.05) is 30.3 Å². The summed E-state index contributed by atoms with van der Waals surface area (Å²) >= 11 is 0. The molecule has 0 spiro atoms. The summed E-state index contributed by atoms with van der Waals surface area (Å²) < 4.78 is 12.4. The van der Waals surface area contributed by atoms with Crippen molar-refractivity contribution in [2.45, 2.75) is 13.1 Å².